The third-order valence-electron chi connectivity index (χ3n) is 5.28. The lowest BCUT2D eigenvalue weighted by atomic mass is 9.86. The Bertz CT molecular complexity index is 1040. The van der Waals surface area contributed by atoms with Crippen LogP contribution < -0.4 is 4.74 Å². The average Bonchev–Trinajstić information content (AvgIpc) is 2.67. The summed E-state index contributed by atoms with van der Waals surface area (Å²) in [7, 11) is 0. The van der Waals surface area contributed by atoms with Gasteiger partial charge in [0.05, 0.1) is 5.56 Å². The molecule has 0 unspecified atom stereocenters. The van der Waals surface area contributed by atoms with E-state index in [1.807, 2.05) is 48.5 Å². The van der Waals surface area contributed by atoms with Crippen LogP contribution in [0.1, 0.15) is 34.8 Å². The lowest BCUT2D eigenvalue weighted by molar-refractivity contribution is 0.0653. The van der Waals surface area contributed by atoms with Crippen molar-refractivity contribution in [2.45, 2.75) is 31.8 Å². The Morgan fingerprint density at radius 3 is 2.71 bits per heavy atom. The van der Waals surface area contributed by atoms with Crippen LogP contribution in [0.15, 0.2) is 66.7 Å². The monoisotopic (exact) mass is 392 g/mol. The Kier molecular flexibility index (Phi) is 4.86. The topological polar surface area (TPSA) is 46.5 Å². The number of rotatable bonds is 4. The van der Waals surface area contributed by atoms with E-state index in [1.165, 1.54) is 0 Å². The zero-order chi connectivity index (χ0) is 19.7. The van der Waals surface area contributed by atoms with E-state index < -0.39 is 5.97 Å². The molecule has 1 heterocycles. The zero-order valence-corrected chi connectivity index (χ0v) is 16.4. The molecule has 4 heteroatoms. The summed E-state index contributed by atoms with van der Waals surface area (Å²) >= 11 is 6.13. The number of carboxylic acid groups (broad SMARTS) is 1. The summed E-state index contributed by atoms with van der Waals surface area (Å²) in [6, 6.07) is 20.9. The van der Waals surface area contributed by atoms with Gasteiger partial charge in [0.1, 0.15) is 11.4 Å². The molecule has 3 aromatic carbocycles. The quantitative estimate of drug-likeness (QED) is 0.589. The van der Waals surface area contributed by atoms with E-state index in [0.29, 0.717) is 11.1 Å². The highest BCUT2D eigenvalue weighted by atomic mass is 35.5. The lowest BCUT2D eigenvalue weighted by Gasteiger charge is -2.36. The van der Waals surface area contributed by atoms with Gasteiger partial charge in [-0.05, 0) is 66.3 Å². The second-order valence-corrected chi connectivity index (χ2v) is 7.97. The van der Waals surface area contributed by atoms with E-state index in [4.69, 9.17) is 16.3 Å². The Balaban J connectivity index is 1.65. The number of aromatic carboxylic acids is 1. The van der Waals surface area contributed by atoms with E-state index in [-0.39, 0.29) is 5.60 Å². The molecule has 4 rings (SSSR count). The summed E-state index contributed by atoms with van der Waals surface area (Å²) in [5.41, 5.74) is 3.81. The molecule has 1 aliphatic heterocycles. The normalized spacial score (nSPS) is 18.2. The van der Waals surface area contributed by atoms with Crippen LogP contribution in [0.3, 0.4) is 0 Å². The SMILES string of the molecule is C[C@]1(Cc2cccc(Cl)c2)CCc2ccc(-c3ccccc3C(=O)O)cc2O1. The number of carboxylic acids is 1. The predicted octanol–water partition coefficient (Wildman–Crippen LogP) is 6.03. The third-order valence-corrected chi connectivity index (χ3v) is 5.52. The summed E-state index contributed by atoms with van der Waals surface area (Å²) in [6.45, 7) is 2.12. The van der Waals surface area contributed by atoms with Crippen LogP contribution >= 0.6 is 11.6 Å². The van der Waals surface area contributed by atoms with Crippen LogP contribution in [0.25, 0.3) is 11.1 Å². The molecule has 1 N–H and O–H groups in total. The molecule has 28 heavy (non-hydrogen) atoms. The number of halogens is 1. The summed E-state index contributed by atoms with van der Waals surface area (Å²) in [5.74, 6) is -0.103. The fraction of sp³-hybridized carbons (Fsp3) is 0.208. The fourth-order valence-corrected chi connectivity index (χ4v) is 4.08. The van der Waals surface area contributed by atoms with Crippen LogP contribution in [0, 0.1) is 0 Å². The third kappa shape index (κ3) is 3.76. The van der Waals surface area contributed by atoms with Crippen molar-refractivity contribution in [3.05, 3.63) is 88.4 Å². The molecule has 0 aliphatic carbocycles. The van der Waals surface area contributed by atoms with Crippen LogP contribution in [-0.4, -0.2) is 16.7 Å². The van der Waals surface area contributed by atoms with Crippen LogP contribution in [0.5, 0.6) is 5.75 Å². The highest BCUT2D eigenvalue weighted by molar-refractivity contribution is 6.30. The van der Waals surface area contributed by atoms with Crippen molar-refractivity contribution in [2.24, 2.45) is 0 Å². The smallest absolute Gasteiger partial charge is 0.336 e. The number of carbonyl (C=O) groups is 1. The van der Waals surface area contributed by atoms with E-state index in [0.717, 1.165) is 46.7 Å². The van der Waals surface area contributed by atoms with Crippen molar-refractivity contribution in [3.8, 4) is 16.9 Å². The largest absolute Gasteiger partial charge is 0.487 e. The standard InChI is InChI=1S/C24H21ClO3/c1-24(15-16-5-4-6-19(25)13-16)12-11-17-9-10-18(14-22(17)28-24)20-7-2-3-8-21(20)23(26)27/h2-10,13-14H,11-12,15H2,1H3,(H,26,27)/t24-/m1/s1. The molecule has 0 bridgehead atoms. The van der Waals surface area contributed by atoms with Gasteiger partial charge in [0, 0.05) is 11.4 Å². The van der Waals surface area contributed by atoms with Crippen LogP contribution in [-0.2, 0) is 12.8 Å². The van der Waals surface area contributed by atoms with E-state index in [2.05, 4.69) is 13.0 Å². The van der Waals surface area contributed by atoms with Crippen molar-refractivity contribution in [3.63, 3.8) is 0 Å². The van der Waals surface area contributed by atoms with Gasteiger partial charge in [-0.1, -0.05) is 54.1 Å². The first-order chi connectivity index (χ1) is 13.4. The summed E-state index contributed by atoms with van der Waals surface area (Å²) < 4.78 is 6.44. The van der Waals surface area contributed by atoms with E-state index >= 15 is 0 Å². The van der Waals surface area contributed by atoms with Gasteiger partial charge in [0.15, 0.2) is 0 Å². The Hall–Kier alpha value is -2.78. The number of ether oxygens (including phenoxy) is 1. The number of hydrogen-bond acceptors (Lipinski definition) is 2. The Labute approximate surface area is 169 Å². The molecule has 0 saturated heterocycles. The zero-order valence-electron chi connectivity index (χ0n) is 15.6. The molecule has 0 fully saturated rings. The first kappa shape index (κ1) is 18.6. The molecule has 0 radical (unpaired) electrons. The fourth-order valence-electron chi connectivity index (χ4n) is 3.86. The molecule has 3 nitrogen and oxygen atoms in total. The van der Waals surface area contributed by atoms with Crippen molar-refractivity contribution in [2.75, 3.05) is 0 Å². The molecule has 1 aliphatic rings. The molecule has 3 aromatic rings. The minimum Gasteiger partial charge on any atom is -0.487 e. The Morgan fingerprint density at radius 2 is 1.93 bits per heavy atom. The average molecular weight is 393 g/mol. The molecule has 0 amide bonds. The van der Waals surface area contributed by atoms with Gasteiger partial charge < -0.3 is 9.84 Å². The highest BCUT2D eigenvalue weighted by Crippen LogP contribution is 2.38. The number of aryl methyl sites for hydroxylation is 1. The van der Waals surface area contributed by atoms with Gasteiger partial charge in [-0.25, -0.2) is 4.79 Å². The van der Waals surface area contributed by atoms with Gasteiger partial charge in [-0.3, -0.25) is 0 Å². The van der Waals surface area contributed by atoms with Crippen LogP contribution in [0.4, 0.5) is 0 Å². The van der Waals surface area contributed by atoms with Gasteiger partial charge >= 0.3 is 5.97 Å². The maximum absolute atomic E-state index is 11.6. The molecule has 0 spiro atoms. The van der Waals surface area contributed by atoms with Crippen molar-refractivity contribution >= 4 is 17.6 Å². The van der Waals surface area contributed by atoms with Crippen molar-refractivity contribution in [1.29, 1.82) is 0 Å². The molecule has 0 saturated carbocycles. The van der Waals surface area contributed by atoms with Gasteiger partial charge in [-0.2, -0.15) is 0 Å². The molecule has 1 atom stereocenters. The van der Waals surface area contributed by atoms with E-state index in [1.54, 1.807) is 12.1 Å². The first-order valence-electron chi connectivity index (χ1n) is 9.33. The summed E-state index contributed by atoms with van der Waals surface area (Å²) in [5, 5.41) is 10.2. The number of hydrogen-bond donors (Lipinski definition) is 1. The summed E-state index contributed by atoms with van der Waals surface area (Å²) in [4.78, 5) is 11.6. The van der Waals surface area contributed by atoms with E-state index in [9.17, 15) is 9.90 Å². The van der Waals surface area contributed by atoms with Gasteiger partial charge in [0.2, 0.25) is 0 Å². The second kappa shape index (κ2) is 7.33. The minimum absolute atomic E-state index is 0.292. The molecule has 0 aromatic heterocycles. The summed E-state index contributed by atoms with van der Waals surface area (Å²) in [6.07, 6.45) is 2.60. The minimum atomic E-state index is -0.931. The Morgan fingerprint density at radius 1 is 1.11 bits per heavy atom. The molecular weight excluding hydrogens is 372 g/mol. The maximum Gasteiger partial charge on any atom is 0.336 e. The van der Waals surface area contributed by atoms with Crippen molar-refractivity contribution < 1.29 is 14.6 Å². The van der Waals surface area contributed by atoms with Gasteiger partial charge in [-0.15, -0.1) is 0 Å². The predicted molar refractivity (Wildman–Crippen MR) is 111 cm³/mol. The number of fused-ring (bicyclic) bond motifs is 1. The first-order valence-corrected chi connectivity index (χ1v) is 9.70. The maximum atomic E-state index is 11.6. The molecule has 142 valence electrons. The lowest BCUT2D eigenvalue weighted by Crippen LogP contribution is -2.38. The molecular formula is C24H21ClO3. The number of benzene rings is 3. The van der Waals surface area contributed by atoms with Crippen molar-refractivity contribution in [1.82, 2.24) is 0 Å². The second-order valence-electron chi connectivity index (χ2n) is 7.53. The highest BCUT2D eigenvalue weighted by Gasteiger charge is 2.32. The van der Waals surface area contributed by atoms with Crippen LogP contribution in [0.2, 0.25) is 5.02 Å². The van der Waals surface area contributed by atoms with Gasteiger partial charge in [0.25, 0.3) is 0 Å².